The van der Waals surface area contributed by atoms with E-state index in [1.54, 1.807) is 12.1 Å². The largest absolute Gasteiger partial charge is 0.423 e. The fourth-order valence-electron chi connectivity index (χ4n) is 3.03. The van der Waals surface area contributed by atoms with Gasteiger partial charge in [-0.15, -0.1) is 0 Å². The van der Waals surface area contributed by atoms with Crippen molar-refractivity contribution in [1.82, 2.24) is 10.2 Å². The minimum absolute atomic E-state index is 0.250. The van der Waals surface area contributed by atoms with Crippen LogP contribution in [0.2, 0.25) is 0 Å². The quantitative estimate of drug-likeness (QED) is 0.853. The number of likely N-dealkylation sites (tertiary alicyclic amines) is 1. The van der Waals surface area contributed by atoms with Crippen molar-refractivity contribution in [2.45, 2.75) is 25.8 Å². The van der Waals surface area contributed by atoms with Gasteiger partial charge in [-0.25, -0.2) is 9.59 Å². The molecule has 3 rings (SSSR count). The van der Waals surface area contributed by atoms with E-state index in [-0.39, 0.29) is 11.7 Å². The molecule has 0 unspecified atom stereocenters. The van der Waals surface area contributed by atoms with Gasteiger partial charge in [-0.05, 0) is 51.1 Å². The summed E-state index contributed by atoms with van der Waals surface area (Å²) < 4.78 is 5.19. The molecule has 0 aliphatic carbocycles. The number of nitrogens with one attached hydrogen (secondary N) is 2. The Bertz CT molecular complexity index is 784. The molecule has 0 radical (unpaired) electrons. The molecule has 0 bridgehead atoms. The molecule has 0 saturated carbocycles. The Morgan fingerprint density at radius 2 is 2.22 bits per heavy atom. The number of hydrogen-bond donors (Lipinski definition) is 2. The minimum atomic E-state index is -0.388. The molecule has 2 heterocycles. The number of urea groups is 1. The number of carbonyl (C=O) groups excluding carboxylic acids is 1. The number of hydrogen-bond acceptors (Lipinski definition) is 4. The highest BCUT2D eigenvalue weighted by Gasteiger charge is 2.21. The number of amides is 2. The fraction of sp³-hybridized carbons (Fsp3) is 0.412. The van der Waals surface area contributed by atoms with Crippen LogP contribution in [-0.2, 0) is 0 Å². The van der Waals surface area contributed by atoms with Crippen molar-refractivity contribution in [1.29, 1.82) is 0 Å². The van der Waals surface area contributed by atoms with Gasteiger partial charge in [0.2, 0.25) is 0 Å². The summed E-state index contributed by atoms with van der Waals surface area (Å²) in [7, 11) is 2.07. The summed E-state index contributed by atoms with van der Waals surface area (Å²) in [4.78, 5) is 25.7. The predicted molar refractivity (Wildman–Crippen MR) is 89.9 cm³/mol. The van der Waals surface area contributed by atoms with E-state index in [2.05, 4.69) is 22.6 Å². The third-order valence-electron chi connectivity index (χ3n) is 4.38. The number of nitrogens with zero attached hydrogens (tertiary/aromatic N) is 1. The van der Waals surface area contributed by atoms with E-state index in [0.717, 1.165) is 23.9 Å². The van der Waals surface area contributed by atoms with Gasteiger partial charge >= 0.3 is 11.7 Å². The van der Waals surface area contributed by atoms with Crippen molar-refractivity contribution in [2.75, 3.05) is 25.5 Å². The molecule has 1 aromatic carbocycles. The average Bonchev–Trinajstić information content (AvgIpc) is 2.90. The van der Waals surface area contributed by atoms with E-state index in [1.165, 1.54) is 12.5 Å². The van der Waals surface area contributed by atoms with Gasteiger partial charge in [-0.2, -0.15) is 0 Å². The van der Waals surface area contributed by atoms with E-state index in [4.69, 9.17) is 4.42 Å². The molecule has 0 spiro atoms. The lowest BCUT2D eigenvalue weighted by Crippen LogP contribution is -2.40. The molecule has 2 aromatic rings. The molecule has 1 atom stereocenters. The highest BCUT2D eigenvalue weighted by atomic mass is 16.4. The maximum Gasteiger partial charge on any atom is 0.336 e. The highest BCUT2D eigenvalue weighted by Crippen LogP contribution is 2.20. The summed E-state index contributed by atoms with van der Waals surface area (Å²) in [6.07, 6.45) is 2.28. The second kappa shape index (κ2) is 6.42. The molecule has 1 fully saturated rings. The van der Waals surface area contributed by atoms with Crippen LogP contribution < -0.4 is 16.3 Å². The number of carbonyl (C=O) groups is 1. The second-order valence-corrected chi connectivity index (χ2v) is 6.07. The monoisotopic (exact) mass is 315 g/mol. The highest BCUT2D eigenvalue weighted by molar-refractivity contribution is 5.92. The summed E-state index contributed by atoms with van der Waals surface area (Å²) >= 11 is 0. The van der Waals surface area contributed by atoms with Gasteiger partial charge in [0.1, 0.15) is 5.58 Å². The molecule has 2 amide bonds. The SMILES string of the molecule is Cc1cc(=O)oc2cc(NC(=O)NC[C@@H]3CCCN3C)ccc12. The molecule has 1 aromatic heterocycles. The van der Waals surface area contributed by atoms with Crippen LogP contribution in [-0.4, -0.2) is 37.1 Å². The van der Waals surface area contributed by atoms with Crippen molar-refractivity contribution >= 4 is 22.7 Å². The summed E-state index contributed by atoms with van der Waals surface area (Å²) in [5.74, 6) is 0. The lowest BCUT2D eigenvalue weighted by Gasteiger charge is -2.19. The molecule has 6 nitrogen and oxygen atoms in total. The van der Waals surface area contributed by atoms with Gasteiger partial charge in [0.25, 0.3) is 0 Å². The number of aryl methyl sites for hydroxylation is 1. The van der Waals surface area contributed by atoms with Crippen molar-refractivity contribution in [3.63, 3.8) is 0 Å². The van der Waals surface area contributed by atoms with E-state index in [0.29, 0.717) is 23.9 Å². The van der Waals surface area contributed by atoms with E-state index in [9.17, 15) is 9.59 Å². The first-order chi connectivity index (χ1) is 11.0. The molecule has 6 heteroatoms. The van der Waals surface area contributed by atoms with Crippen LogP contribution in [0.5, 0.6) is 0 Å². The van der Waals surface area contributed by atoms with Crippen molar-refractivity contribution < 1.29 is 9.21 Å². The Morgan fingerprint density at radius 1 is 1.39 bits per heavy atom. The van der Waals surface area contributed by atoms with Crippen molar-refractivity contribution in [3.8, 4) is 0 Å². The first kappa shape index (κ1) is 15.6. The zero-order chi connectivity index (χ0) is 16.4. The van der Waals surface area contributed by atoms with Crippen LogP contribution >= 0.6 is 0 Å². The van der Waals surface area contributed by atoms with Crippen LogP contribution in [0.3, 0.4) is 0 Å². The maximum absolute atomic E-state index is 12.0. The standard InChI is InChI=1S/C17H21N3O3/c1-11-8-16(21)23-15-9-12(5-6-14(11)15)19-17(22)18-10-13-4-3-7-20(13)2/h5-6,8-9,13H,3-4,7,10H2,1-2H3,(H2,18,19,22)/t13-/m0/s1. The van der Waals surface area contributed by atoms with Crippen LogP contribution in [0.15, 0.2) is 33.5 Å². The Balaban J connectivity index is 1.66. The van der Waals surface area contributed by atoms with Crippen LogP contribution in [0, 0.1) is 6.92 Å². The summed E-state index contributed by atoms with van der Waals surface area (Å²) in [6.45, 7) is 3.57. The molecular weight excluding hydrogens is 294 g/mol. The average molecular weight is 315 g/mol. The first-order valence-corrected chi connectivity index (χ1v) is 7.82. The number of likely N-dealkylation sites (N-methyl/N-ethyl adjacent to an activating group) is 1. The molecule has 23 heavy (non-hydrogen) atoms. The molecule has 2 N–H and O–H groups in total. The first-order valence-electron chi connectivity index (χ1n) is 7.82. The lowest BCUT2D eigenvalue weighted by atomic mass is 10.1. The molecule has 1 aliphatic rings. The zero-order valence-corrected chi connectivity index (χ0v) is 13.4. The van der Waals surface area contributed by atoms with Gasteiger partial charge in [0, 0.05) is 35.8 Å². The smallest absolute Gasteiger partial charge is 0.336 e. The number of rotatable bonds is 3. The zero-order valence-electron chi connectivity index (χ0n) is 13.4. The van der Waals surface area contributed by atoms with Gasteiger partial charge in [0.15, 0.2) is 0 Å². The predicted octanol–water partition coefficient (Wildman–Crippen LogP) is 2.32. The summed E-state index contributed by atoms with van der Waals surface area (Å²) in [5, 5.41) is 6.54. The van der Waals surface area contributed by atoms with E-state index >= 15 is 0 Å². The van der Waals surface area contributed by atoms with Crippen molar-refractivity contribution in [2.24, 2.45) is 0 Å². The van der Waals surface area contributed by atoms with Crippen molar-refractivity contribution in [3.05, 3.63) is 40.2 Å². The van der Waals surface area contributed by atoms with Gasteiger partial charge in [-0.1, -0.05) is 0 Å². The van der Waals surface area contributed by atoms with Gasteiger partial charge < -0.3 is 20.0 Å². The maximum atomic E-state index is 12.0. The summed E-state index contributed by atoms with van der Waals surface area (Å²) in [5.41, 5.74) is 1.55. The third kappa shape index (κ3) is 3.53. The lowest BCUT2D eigenvalue weighted by molar-refractivity contribution is 0.245. The Hall–Kier alpha value is -2.34. The van der Waals surface area contributed by atoms with Crippen LogP contribution in [0.4, 0.5) is 10.5 Å². The number of anilines is 1. The third-order valence-corrected chi connectivity index (χ3v) is 4.38. The molecule has 1 saturated heterocycles. The topological polar surface area (TPSA) is 74.6 Å². The minimum Gasteiger partial charge on any atom is -0.423 e. The molecule has 122 valence electrons. The number of benzene rings is 1. The number of fused-ring (bicyclic) bond motifs is 1. The summed E-state index contributed by atoms with van der Waals surface area (Å²) in [6, 6.07) is 6.92. The van der Waals surface area contributed by atoms with Crippen LogP contribution in [0.25, 0.3) is 11.0 Å². The van der Waals surface area contributed by atoms with Crippen LogP contribution in [0.1, 0.15) is 18.4 Å². The van der Waals surface area contributed by atoms with E-state index in [1.807, 2.05) is 13.0 Å². The van der Waals surface area contributed by atoms with Gasteiger partial charge in [-0.3, -0.25) is 0 Å². The van der Waals surface area contributed by atoms with Gasteiger partial charge in [0.05, 0.1) is 0 Å². The normalized spacial score (nSPS) is 18.3. The second-order valence-electron chi connectivity index (χ2n) is 6.07. The molecular formula is C17H21N3O3. The van der Waals surface area contributed by atoms with E-state index < -0.39 is 0 Å². The Labute approximate surface area is 134 Å². The Morgan fingerprint density at radius 3 is 2.96 bits per heavy atom. The molecule has 1 aliphatic heterocycles. The Kier molecular flexibility index (Phi) is 4.34. The fourth-order valence-corrected chi connectivity index (χ4v) is 3.03.